The van der Waals surface area contributed by atoms with Crippen molar-refractivity contribution in [3.05, 3.63) is 229 Å². The molecule has 2 heteroatoms. The van der Waals surface area contributed by atoms with E-state index in [4.69, 9.17) is 0 Å². The zero-order valence-electron chi connectivity index (χ0n) is 34.5. The molecule has 2 nitrogen and oxygen atoms in total. The minimum atomic E-state index is -0.274. The van der Waals surface area contributed by atoms with Crippen molar-refractivity contribution >= 4 is 44.9 Å². The highest BCUT2D eigenvalue weighted by Gasteiger charge is 2.41. The monoisotopic (exact) mass is 770 g/mol. The molecule has 0 unspecified atom stereocenters. The maximum Gasteiger partial charge on any atom is 0.0781 e. The molecule has 2 aliphatic rings. The standard InChI is InChI=1S/C58H46N2/c1-57(2)49-29-14-13-27-47(49)48-35-34-44(38-51(48)57)59(43-25-17-24-42(37-43)39-19-7-5-8-20-39)54-36-33-41-23-11-12-26-46(41)56(54)60-52-31-16-15-30-50(52)58(3,4)55-45(28-18-32-53(55)60)40-21-9-6-10-22-40/h5-38H,1-4H3. The molecule has 11 rings (SSSR count). The van der Waals surface area contributed by atoms with E-state index in [1.54, 1.807) is 0 Å². The minimum absolute atomic E-state index is 0.157. The molecule has 0 saturated carbocycles. The predicted molar refractivity (Wildman–Crippen MR) is 254 cm³/mol. The summed E-state index contributed by atoms with van der Waals surface area (Å²) >= 11 is 0. The van der Waals surface area contributed by atoms with Crippen molar-refractivity contribution in [1.82, 2.24) is 0 Å². The van der Waals surface area contributed by atoms with Crippen LogP contribution in [0, 0.1) is 0 Å². The lowest BCUT2D eigenvalue weighted by Gasteiger charge is -2.44. The van der Waals surface area contributed by atoms with Crippen LogP contribution in [0.4, 0.5) is 34.1 Å². The summed E-state index contributed by atoms with van der Waals surface area (Å²) < 4.78 is 0. The van der Waals surface area contributed by atoms with Gasteiger partial charge in [-0.25, -0.2) is 0 Å². The van der Waals surface area contributed by atoms with Gasteiger partial charge in [0, 0.05) is 27.6 Å². The maximum atomic E-state index is 2.57. The molecule has 0 saturated heterocycles. The molecule has 0 atom stereocenters. The highest BCUT2D eigenvalue weighted by Crippen LogP contribution is 2.59. The van der Waals surface area contributed by atoms with Crippen molar-refractivity contribution in [1.29, 1.82) is 0 Å². The first kappa shape index (κ1) is 36.0. The van der Waals surface area contributed by atoms with E-state index in [-0.39, 0.29) is 10.8 Å². The second-order valence-corrected chi connectivity index (χ2v) is 17.3. The quantitative estimate of drug-likeness (QED) is 0.166. The molecule has 0 amide bonds. The predicted octanol–water partition coefficient (Wildman–Crippen LogP) is 16.1. The van der Waals surface area contributed by atoms with Crippen LogP contribution in [0.25, 0.3) is 44.2 Å². The van der Waals surface area contributed by atoms with Gasteiger partial charge in [0.25, 0.3) is 0 Å². The van der Waals surface area contributed by atoms with Crippen LogP contribution in [0.5, 0.6) is 0 Å². The average molecular weight is 771 g/mol. The largest absolute Gasteiger partial charge is 0.308 e. The normalized spacial score (nSPS) is 14.2. The Hall–Kier alpha value is -7.16. The lowest BCUT2D eigenvalue weighted by atomic mass is 9.70. The molecule has 1 aliphatic heterocycles. The molecular formula is C58H46N2. The molecule has 9 aromatic carbocycles. The number of hydrogen-bond donors (Lipinski definition) is 0. The fourth-order valence-electron chi connectivity index (χ4n) is 10.3. The van der Waals surface area contributed by atoms with Crippen LogP contribution in [0.1, 0.15) is 49.9 Å². The lowest BCUT2D eigenvalue weighted by Crippen LogP contribution is -2.32. The van der Waals surface area contributed by atoms with E-state index in [0.29, 0.717) is 0 Å². The van der Waals surface area contributed by atoms with Gasteiger partial charge in [0.1, 0.15) is 0 Å². The summed E-state index contributed by atoms with van der Waals surface area (Å²) in [5.74, 6) is 0. The number of benzene rings is 9. The average Bonchev–Trinajstić information content (AvgIpc) is 3.52. The topological polar surface area (TPSA) is 6.48 Å². The van der Waals surface area contributed by atoms with Crippen LogP contribution in [0.15, 0.2) is 206 Å². The van der Waals surface area contributed by atoms with Crippen molar-refractivity contribution in [2.24, 2.45) is 0 Å². The summed E-state index contributed by atoms with van der Waals surface area (Å²) in [5, 5.41) is 2.39. The number of hydrogen-bond acceptors (Lipinski definition) is 2. The zero-order valence-corrected chi connectivity index (χ0v) is 34.5. The second-order valence-electron chi connectivity index (χ2n) is 17.3. The highest BCUT2D eigenvalue weighted by atomic mass is 15.2. The Labute approximate surface area is 353 Å². The summed E-state index contributed by atoms with van der Waals surface area (Å²) in [6.07, 6.45) is 0. The molecule has 0 radical (unpaired) electrons. The van der Waals surface area contributed by atoms with Crippen molar-refractivity contribution in [3.8, 4) is 33.4 Å². The van der Waals surface area contributed by atoms with Gasteiger partial charge in [-0.3, -0.25) is 0 Å². The molecule has 0 N–H and O–H groups in total. The van der Waals surface area contributed by atoms with E-state index < -0.39 is 0 Å². The van der Waals surface area contributed by atoms with Gasteiger partial charge in [0.05, 0.1) is 22.7 Å². The third-order valence-electron chi connectivity index (χ3n) is 13.2. The fourth-order valence-corrected chi connectivity index (χ4v) is 10.3. The van der Waals surface area contributed by atoms with Crippen LogP contribution in [0.3, 0.4) is 0 Å². The molecule has 9 aromatic rings. The first-order chi connectivity index (χ1) is 29.3. The number of fused-ring (bicyclic) bond motifs is 6. The third kappa shape index (κ3) is 5.48. The number of nitrogens with zero attached hydrogens (tertiary/aromatic N) is 2. The smallest absolute Gasteiger partial charge is 0.0781 e. The van der Waals surface area contributed by atoms with Crippen molar-refractivity contribution in [2.45, 2.75) is 38.5 Å². The van der Waals surface area contributed by atoms with Crippen molar-refractivity contribution in [2.75, 3.05) is 9.80 Å². The van der Waals surface area contributed by atoms with Gasteiger partial charge in [-0.2, -0.15) is 0 Å². The molecule has 1 aliphatic carbocycles. The first-order valence-electron chi connectivity index (χ1n) is 21.1. The number of rotatable bonds is 6. The zero-order chi connectivity index (χ0) is 40.6. The van der Waals surface area contributed by atoms with Gasteiger partial charge in [-0.15, -0.1) is 0 Å². The molecule has 0 bridgehead atoms. The van der Waals surface area contributed by atoms with E-state index in [9.17, 15) is 0 Å². The van der Waals surface area contributed by atoms with Gasteiger partial charge in [0.2, 0.25) is 0 Å². The molecule has 0 spiro atoms. The van der Waals surface area contributed by atoms with Crippen LogP contribution >= 0.6 is 0 Å². The maximum absolute atomic E-state index is 2.57. The van der Waals surface area contributed by atoms with Crippen LogP contribution in [-0.4, -0.2) is 0 Å². The summed E-state index contributed by atoms with van der Waals surface area (Å²) in [4.78, 5) is 5.08. The van der Waals surface area contributed by atoms with E-state index in [0.717, 1.165) is 22.7 Å². The SMILES string of the molecule is CC1(C)c2ccccc2-c2ccc(N(c3cccc(-c4ccccc4)c3)c3ccc4ccccc4c3N3c4ccccc4C(C)(C)c4c(-c5ccccc5)cccc43)cc21. The van der Waals surface area contributed by atoms with Gasteiger partial charge >= 0.3 is 0 Å². The van der Waals surface area contributed by atoms with Crippen molar-refractivity contribution < 1.29 is 0 Å². The molecule has 0 aromatic heterocycles. The Morgan fingerprint density at radius 1 is 0.383 bits per heavy atom. The van der Waals surface area contributed by atoms with E-state index >= 15 is 0 Å². The Balaban J connectivity index is 1.23. The number of para-hydroxylation sites is 1. The summed E-state index contributed by atoms with van der Waals surface area (Å²) in [5.41, 5.74) is 19.3. The molecule has 1 heterocycles. The molecule has 0 fully saturated rings. The minimum Gasteiger partial charge on any atom is -0.308 e. The Kier molecular flexibility index (Phi) is 8.22. The Bertz CT molecular complexity index is 3100. The lowest BCUT2D eigenvalue weighted by molar-refractivity contribution is 0.634. The van der Waals surface area contributed by atoms with E-state index in [1.165, 1.54) is 77.8 Å². The van der Waals surface area contributed by atoms with E-state index in [1.807, 2.05) is 0 Å². The van der Waals surface area contributed by atoms with E-state index in [2.05, 4.69) is 244 Å². The number of anilines is 6. The van der Waals surface area contributed by atoms with Gasteiger partial charge in [-0.05, 0) is 103 Å². The van der Waals surface area contributed by atoms with Crippen LogP contribution in [0.2, 0.25) is 0 Å². The molecule has 60 heavy (non-hydrogen) atoms. The second kappa shape index (κ2) is 13.7. The van der Waals surface area contributed by atoms with Gasteiger partial charge < -0.3 is 9.80 Å². The van der Waals surface area contributed by atoms with Gasteiger partial charge in [0.15, 0.2) is 0 Å². The highest BCUT2D eigenvalue weighted by molar-refractivity contribution is 6.09. The summed E-state index contributed by atoms with van der Waals surface area (Å²) in [6, 6.07) is 76.2. The molecular weight excluding hydrogens is 725 g/mol. The Morgan fingerprint density at radius 2 is 0.983 bits per heavy atom. The fraction of sp³-hybridized carbons (Fsp3) is 0.103. The molecule has 288 valence electrons. The Morgan fingerprint density at radius 3 is 1.80 bits per heavy atom. The first-order valence-corrected chi connectivity index (χ1v) is 21.1. The summed E-state index contributed by atoms with van der Waals surface area (Å²) in [6.45, 7) is 9.53. The third-order valence-corrected chi connectivity index (χ3v) is 13.2. The van der Waals surface area contributed by atoms with Gasteiger partial charge in [-0.1, -0.05) is 191 Å². The van der Waals surface area contributed by atoms with Crippen LogP contribution < -0.4 is 9.80 Å². The van der Waals surface area contributed by atoms with Crippen molar-refractivity contribution in [3.63, 3.8) is 0 Å². The van der Waals surface area contributed by atoms with Crippen LogP contribution in [-0.2, 0) is 10.8 Å². The summed E-state index contributed by atoms with van der Waals surface area (Å²) in [7, 11) is 0.